The summed E-state index contributed by atoms with van der Waals surface area (Å²) in [6, 6.07) is 7.19. The zero-order valence-corrected chi connectivity index (χ0v) is 11.4. The number of ether oxygens (including phenoxy) is 1. The molecule has 1 fully saturated rings. The Morgan fingerprint density at radius 2 is 1.85 bits per heavy atom. The summed E-state index contributed by atoms with van der Waals surface area (Å²) < 4.78 is 30.9. The van der Waals surface area contributed by atoms with Crippen LogP contribution < -0.4 is 4.72 Å². The van der Waals surface area contributed by atoms with E-state index in [9.17, 15) is 23.7 Å². The summed E-state index contributed by atoms with van der Waals surface area (Å²) in [5.41, 5.74) is 0.571. The summed E-state index contributed by atoms with van der Waals surface area (Å²) in [4.78, 5) is 0. The van der Waals surface area contributed by atoms with Crippen LogP contribution in [0.4, 0.5) is 0 Å². The van der Waals surface area contributed by atoms with Gasteiger partial charge in [0.2, 0.25) is 10.0 Å². The molecule has 0 amide bonds. The van der Waals surface area contributed by atoms with Gasteiger partial charge in [0.25, 0.3) is 0 Å². The first-order valence-electron chi connectivity index (χ1n) is 6.09. The molecular formula is C12H17NO6S. The molecule has 0 unspecified atom stereocenters. The van der Waals surface area contributed by atoms with Crippen molar-refractivity contribution in [1.29, 1.82) is 0 Å². The lowest BCUT2D eigenvalue weighted by atomic mass is 10.0. The molecule has 0 spiro atoms. The third-order valence-corrected chi connectivity index (χ3v) is 4.37. The summed E-state index contributed by atoms with van der Waals surface area (Å²) in [6.45, 7) is -0.251. The number of benzene rings is 1. The van der Waals surface area contributed by atoms with E-state index in [1.807, 2.05) is 0 Å². The highest BCUT2D eigenvalue weighted by atomic mass is 32.2. The lowest BCUT2D eigenvalue weighted by Crippen LogP contribution is -2.60. The molecule has 0 bridgehead atoms. The second-order valence-corrected chi connectivity index (χ2v) is 6.42. The van der Waals surface area contributed by atoms with Gasteiger partial charge in [0.05, 0.1) is 12.4 Å². The Labute approximate surface area is 116 Å². The summed E-state index contributed by atoms with van der Waals surface area (Å²) in [7, 11) is -3.78. The van der Waals surface area contributed by atoms with Crippen molar-refractivity contribution in [1.82, 2.24) is 4.72 Å². The minimum atomic E-state index is -3.78. The van der Waals surface area contributed by atoms with Crippen LogP contribution in [0, 0.1) is 0 Å². The van der Waals surface area contributed by atoms with Gasteiger partial charge in [-0.25, -0.2) is 13.1 Å². The molecular weight excluding hydrogens is 286 g/mol. The van der Waals surface area contributed by atoms with E-state index in [4.69, 9.17) is 4.74 Å². The molecule has 20 heavy (non-hydrogen) atoms. The standard InChI is InChI=1S/C12H17NO6S/c14-9-6-19-12(16)10(11(9)15)13-20(17,18)7-8-4-2-1-3-5-8/h1-5,9-16H,6-7H2/t9-,10-,11+,12-/m1/s1. The van der Waals surface area contributed by atoms with E-state index < -0.39 is 34.6 Å². The number of aliphatic hydroxyl groups excluding tert-OH is 3. The van der Waals surface area contributed by atoms with Crippen LogP contribution >= 0.6 is 0 Å². The van der Waals surface area contributed by atoms with Crippen LogP contribution in [0.1, 0.15) is 5.56 Å². The molecule has 0 saturated carbocycles. The number of aliphatic hydroxyl groups is 3. The van der Waals surface area contributed by atoms with Crippen molar-refractivity contribution < 1.29 is 28.5 Å². The molecule has 4 N–H and O–H groups in total. The first kappa shape index (κ1) is 15.4. The van der Waals surface area contributed by atoms with Crippen molar-refractivity contribution in [2.75, 3.05) is 6.61 Å². The van der Waals surface area contributed by atoms with Crippen LogP contribution in [0.3, 0.4) is 0 Å². The molecule has 112 valence electrons. The van der Waals surface area contributed by atoms with Crippen molar-refractivity contribution >= 4 is 10.0 Å². The monoisotopic (exact) mass is 303 g/mol. The average molecular weight is 303 g/mol. The molecule has 8 heteroatoms. The smallest absolute Gasteiger partial charge is 0.216 e. The van der Waals surface area contributed by atoms with Crippen LogP contribution in [0.15, 0.2) is 30.3 Å². The molecule has 1 saturated heterocycles. The van der Waals surface area contributed by atoms with E-state index >= 15 is 0 Å². The Bertz CT molecular complexity index is 534. The Hall–Kier alpha value is -1.03. The number of rotatable bonds is 4. The average Bonchev–Trinajstić information content (AvgIpc) is 2.40. The first-order valence-corrected chi connectivity index (χ1v) is 7.74. The van der Waals surface area contributed by atoms with Gasteiger partial charge in [0.1, 0.15) is 18.2 Å². The minimum absolute atomic E-state index is 0.251. The molecule has 0 aromatic heterocycles. The van der Waals surface area contributed by atoms with Crippen LogP contribution in [0.2, 0.25) is 0 Å². The van der Waals surface area contributed by atoms with E-state index in [1.165, 1.54) is 0 Å². The van der Waals surface area contributed by atoms with E-state index in [0.29, 0.717) is 5.56 Å². The fraction of sp³-hybridized carbons (Fsp3) is 0.500. The van der Waals surface area contributed by atoms with E-state index in [1.54, 1.807) is 30.3 Å². The summed E-state index contributed by atoms with van der Waals surface area (Å²) in [5.74, 6) is -0.292. The Kier molecular flexibility index (Phi) is 4.74. The molecule has 4 atom stereocenters. The normalized spacial score (nSPS) is 31.1. The fourth-order valence-corrected chi connectivity index (χ4v) is 3.36. The Balaban J connectivity index is 2.07. The van der Waals surface area contributed by atoms with Gasteiger partial charge in [-0.15, -0.1) is 0 Å². The SMILES string of the molecule is O=S(=O)(Cc1ccccc1)N[C@@H]1[C@@H](O)[C@H](O)CO[C@H]1O. The van der Waals surface area contributed by atoms with Gasteiger partial charge >= 0.3 is 0 Å². The molecule has 1 heterocycles. The van der Waals surface area contributed by atoms with Crippen LogP contribution in [0.5, 0.6) is 0 Å². The second-order valence-electron chi connectivity index (χ2n) is 4.67. The number of hydrogen-bond acceptors (Lipinski definition) is 6. The van der Waals surface area contributed by atoms with Crippen molar-refractivity contribution in [2.45, 2.75) is 30.3 Å². The largest absolute Gasteiger partial charge is 0.388 e. The van der Waals surface area contributed by atoms with Gasteiger partial charge in [-0.1, -0.05) is 30.3 Å². The van der Waals surface area contributed by atoms with Gasteiger partial charge in [0.15, 0.2) is 6.29 Å². The molecule has 1 aromatic rings. The maximum absolute atomic E-state index is 12.0. The first-order chi connectivity index (χ1) is 9.39. The van der Waals surface area contributed by atoms with Gasteiger partial charge in [-0.2, -0.15) is 0 Å². The molecule has 1 aromatic carbocycles. The highest BCUT2D eigenvalue weighted by Gasteiger charge is 2.40. The van der Waals surface area contributed by atoms with E-state index in [0.717, 1.165) is 0 Å². The maximum atomic E-state index is 12.0. The van der Waals surface area contributed by atoms with Crippen molar-refractivity contribution in [3.05, 3.63) is 35.9 Å². The topological polar surface area (TPSA) is 116 Å². The molecule has 0 aliphatic carbocycles. The van der Waals surface area contributed by atoms with Crippen LogP contribution in [0.25, 0.3) is 0 Å². The summed E-state index contributed by atoms with van der Waals surface area (Å²) in [5, 5.41) is 28.7. The molecule has 0 radical (unpaired) electrons. The van der Waals surface area contributed by atoms with Crippen molar-refractivity contribution in [3.63, 3.8) is 0 Å². The molecule has 2 rings (SSSR count). The van der Waals surface area contributed by atoms with Crippen molar-refractivity contribution in [3.8, 4) is 0 Å². The maximum Gasteiger partial charge on any atom is 0.216 e. The zero-order valence-electron chi connectivity index (χ0n) is 10.6. The number of nitrogens with one attached hydrogen (secondary N) is 1. The predicted octanol–water partition coefficient (Wildman–Crippen LogP) is -1.46. The molecule has 1 aliphatic heterocycles. The van der Waals surface area contributed by atoms with E-state index in [-0.39, 0.29) is 12.4 Å². The predicted molar refractivity (Wildman–Crippen MR) is 70.0 cm³/mol. The van der Waals surface area contributed by atoms with Gasteiger partial charge in [-0.3, -0.25) is 0 Å². The lowest BCUT2D eigenvalue weighted by molar-refractivity contribution is -0.208. The highest BCUT2D eigenvalue weighted by molar-refractivity contribution is 7.88. The fourth-order valence-electron chi connectivity index (χ4n) is 1.98. The van der Waals surface area contributed by atoms with Gasteiger partial charge in [0, 0.05) is 0 Å². The van der Waals surface area contributed by atoms with Gasteiger partial charge in [-0.05, 0) is 5.56 Å². The van der Waals surface area contributed by atoms with Crippen molar-refractivity contribution in [2.24, 2.45) is 0 Å². The Morgan fingerprint density at radius 1 is 1.20 bits per heavy atom. The number of hydrogen-bond donors (Lipinski definition) is 4. The summed E-state index contributed by atoms with van der Waals surface area (Å²) >= 11 is 0. The quantitative estimate of drug-likeness (QED) is 0.540. The Morgan fingerprint density at radius 3 is 2.50 bits per heavy atom. The third kappa shape index (κ3) is 3.75. The van der Waals surface area contributed by atoms with Crippen LogP contribution in [-0.2, 0) is 20.5 Å². The second kappa shape index (κ2) is 6.17. The highest BCUT2D eigenvalue weighted by Crippen LogP contribution is 2.16. The minimum Gasteiger partial charge on any atom is -0.388 e. The number of sulfonamides is 1. The zero-order chi connectivity index (χ0) is 14.8. The molecule has 1 aliphatic rings. The lowest BCUT2D eigenvalue weighted by Gasteiger charge is -2.35. The third-order valence-electron chi connectivity index (χ3n) is 3.02. The molecule has 7 nitrogen and oxygen atoms in total. The van der Waals surface area contributed by atoms with Crippen LogP contribution in [-0.4, -0.2) is 54.9 Å². The van der Waals surface area contributed by atoms with E-state index in [2.05, 4.69) is 4.72 Å². The van der Waals surface area contributed by atoms with Gasteiger partial charge < -0.3 is 20.1 Å². The summed E-state index contributed by atoms with van der Waals surface area (Å²) in [6.07, 6.45) is -4.17.